The summed E-state index contributed by atoms with van der Waals surface area (Å²) in [5.41, 5.74) is 3.91. The maximum absolute atomic E-state index is 10.2. The lowest BCUT2D eigenvalue weighted by Gasteiger charge is -2.12. The molecule has 1 N–H and O–H groups in total. The zero-order valence-electron chi connectivity index (χ0n) is 9.81. The highest BCUT2D eigenvalue weighted by molar-refractivity contribution is 5.35. The molecule has 0 bridgehead atoms. The summed E-state index contributed by atoms with van der Waals surface area (Å²) >= 11 is 0. The highest BCUT2D eigenvalue weighted by Crippen LogP contribution is 2.23. The largest absolute Gasteiger partial charge is 0.382 e. The first-order chi connectivity index (χ1) is 7.58. The van der Waals surface area contributed by atoms with Crippen molar-refractivity contribution in [3.05, 3.63) is 53.1 Å². The summed E-state index contributed by atoms with van der Waals surface area (Å²) in [5, 5.41) is 10.2. The molecule has 0 aliphatic heterocycles. The van der Waals surface area contributed by atoms with E-state index in [1.54, 1.807) is 6.33 Å². The molecule has 1 aromatic heterocycles. The number of hydrogen-bond donors (Lipinski definition) is 1. The minimum absolute atomic E-state index is 0.637. The number of nitrogens with zero attached hydrogens (tertiary/aromatic N) is 2. The van der Waals surface area contributed by atoms with E-state index in [0.717, 1.165) is 11.1 Å². The summed E-state index contributed by atoms with van der Waals surface area (Å²) in [6, 6.07) is 6.04. The second-order valence-electron chi connectivity index (χ2n) is 4.23. The van der Waals surface area contributed by atoms with E-state index >= 15 is 0 Å². The van der Waals surface area contributed by atoms with Crippen molar-refractivity contribution >= 4 is 0 Å². The molecule has 0 radical (unpaired) electrons. The molecule has 1 heterocycles. The fourth-order valence-electron chi connectivity index (χ4n) is 1.87. The first kappa shape index (κ1) is 10.9. The lowest BCUT2D eigenvalue weighted by atomic mass is 10.00. The van der Waals surface area contributed by atoms with Gasteiger partial charge in [-0.25, -0.2) is 4.98 Å². The Morgan fingerprint density at radius 1 is 1.31 bits per heavy atom. The topological polar surface area (TPSA) is 38.0 Å². The molecule has 0 saturated carbocycles. The van der Waals surface area contributed by atoms with Gasteiger partial charge >= 0.3 is 0 Å². The minimum Gasteiger partial charge on any atom is -0.382 e. The first-order valence-electron chi connectivity index (χ1n) is 5.31. The fraction of sp³-hybridized carbons (Fsp3) is 0.308. The van der Waals surface area contributed by atoms with Crippen LogP contribution in [0.3, 0.4) is 0 Å². The summed E-state index contributed by atoms with van der Waals surface area (Å²) in [5.74, 6) is 0. The summed E-state index contributed by atoms with van der Waals surface area (Å²) in [6.07, 6.45) is 2.90. The number of aliphatic hydroxyl groups is 1. The molecule has 3 nitrogen and oxygen atoms in total. The Labute approximate surface area is 95.4 Å². The van der Waals surface area contributed by atoms with Crippen molar-refractivity contribution in [2.75, 3.05) is 0 Å². The zero-order chi connectivity index (χ0) is 11.7. The van der Waals surface area contributed by atoms with Gasteiger partial charge in [-0.3, -0.25) is 0 Å². The van der Waals surface area contributed by atoms with Gasteiger partial charge in [0.2, 0.25) is 0 Å². The third kappa shape index (κ3) is 1.99. The maximum Gasteiger partial charge on any atom is 0.123 e. The highest BCUT2D eigenvalue weighted by atomic mass is 16.3. The molecule has 2 aromatic rings. The van der Waals surface area contributed by atoms with Crippen LogP contribution in [0.2, 0.25) is 0 Å². The molecule has 0 aliphatic carbocycles. The van der Waals surface area contributed by atoms with Crippen LogP contribution in [0.4, 0.5) is 0 Å². The molecule has 0 fully saturated rings. The summed E-state index contributed by atoms with van der Waals surface area (Å²) in [6.45, 7) is 4.05. The monoisotopic (exact) mass is 216 g/mol. The standard InChI is InChI=1S/C13H16N2O/c1-9-4-5-11(10(2)6-9)13(16)12-7-15(3)8-14-12/h4-8,13,16H,1-3H3. The molecular weight excluding hydrogens is 200 g/mol. The SMILES string of the molecule is Cc1ccc(C(O)c2cn(C)cn2)c(C)c1. The molecule has 0 amide bonds. The molecule has 0 spiro atoms. The van der Waals surface area contributed by atoms with E-state index in [2.05, 4.69) is 11.1 Å². The van der Waals surface area contributed by atoms with Crippen LogP contribution in [0.15, 0.2) is 30.7 Å². The predicted molar refractivity (Wildman–Crippen MR) is 63.2 cm³/mol. The van der Waals surface area contributed by atoms with Gasteiger partial charge in [0, 0.05) is 13.2 Å². The average molecular weight is 216 g/mol. The van der Waals surface area contributed by atoms with Crippen molar-refractivity contribution < 1.29 is 5.11 Å². The zero-order valence-corrected chi connectivity index (χ0v) is 9.81. The lowest BCUT2D eigenvalue weighted by Crippen LogP contribution is -2.02. The maximum atomic E-state index is 10.2. The van der Waals surface area contributed by atoms with Gasteiger partial charge in [-0.2, -0.15) is 0 Å². The molecule has 3 heteroatoms. The number of benzene rings is 1. The van der Waals surface area contributed by atoms with Crippen LogP contribution in [0, 0.1) is 13.8 Å². The van der Waals surface area contributed by atoms with Gasteiger partial charge in [0.1, 0.15) is 6.10 Å². The van der Waals surface area contributed by atoms with Gasteiger partial charge in [0.15, 0.2) is 0 Å². The molecule has 0 saturated heterocycles. The molecule has 1 aromatic carbocycles. The van der Waals surface area contributed by atoms with Gasteiger partial charge in [-0.15, -0.1) is 0 Å². The molecule has 2 rings (SSSR count). The number of hydrogen-bond acceptors (Lipinski definition) is 2. The van der Waals surface area contributed by atoms with E-state index in [0.29, 0.717) is 5.69 Å². The molecule has 1 atom stereocenters. The molecule has 16 heavy (non-hydrogen) atoms. The Kier molecular flexibility index (Phi) is 2.79. The second-order valence-corrected chi connectivity index (χ2v) is 4.23. The van der Waals surface area contributed by atoms with Crippen LogP contribution in [0.25, 0.3) is 0 Å². The summed E-state index contributed by atoms with van der Waals surface area (Å²) in [7, 11) is 1.89. The van der Waals surface area contributed by atoms with Gasteiger partial charge in [-0.05, 0) is 25.0 Å². The van der Waals surface area contributed by atoms with E-state index in [-0.39, 0.29) is 0 Å². The minimum atomic E-state index is -0.637. The van der Waals surface area contributed by atoms with Crippen molar-refractivity contribution in [1.82, 2.24) is 9.55 Å². The Hall–Kier alpha value is -1.61. The lowest BCUT2D eigenvalue weighted by molar-refractivity contribution is 0.215. The Balaban J connectivity index is 2.37. The third-order valence-corrected chi connectivity index (χ3v) is 2.72. The van der Waals surface area contributed by atoms with Gasteiger partial charge in [0.05, 0.1) is 12.0 Å². The van der Waals surface area contributed by atoms with Crippen molar-refractivity contribution in [1.29, 1.82) is 0 Å². The number of aromatic nitrogens is 2. The number of aryl methyl sites for hydroxylation is 3. The van der Waals surface area contributed by atoms with E-state index in [1.807, 2.05) is 43.8 Å². The van der Waals surface area contributed by atoms with Crippen LogP contribution in [-0.2, 0) is 7.05 Å². The Bertz CT molecular complexity index is 502. The summed E-state index contributed by atoms with van der Waals surface area (Å²) in [4.78, 5) is 4.17. The van der Waals surface area contributed by atoms with Crippen molar-refractivity contribution in [2.24, 2.45) is 7.05 Å². The van der Waals surface area contributed by atoms with Crippen LogP contribution in [0.1, 0.15) is 28.5 Å². The molecule has 84 valence electrons. The molecular formula is C13H16N2O. The van der Waals surface area contributed by atoms with Gasteiger partial charge < -0.3 is 9.67 Å². The number of imidazole rings is 1. The van der Waals surface area contributed by atoms with Crippen LogP contribution >= 0.6 is 0 Å². The van der Waals surface area contributed by atoms with E-state index < -0.39 is 6.10 Å². The average Bonchev–Trinajstić information content (AvgIpc) is 2.64. The van der Waals surface area contributed by atoms with Crippen LogP contribution in [0.5, 0.6) is 0 Å². The Morgan fingerprint density at radius 3 is 2.62 bits per heavy atom. The predicted octanol–water partition coefficient (Wildman–Crippen LogP) is 2.12. The highest BCUT2D eigenvalue weighted by Gasteiger charge is 2.14. The molecule has 1 unspecified atom stereocenters. The normalized spacial score (nSPS) is 12.8. The smallest absolute Gasteiger partial charge is 0.123 e. The summed E-state index contributed by atoms with van der Waals surface area (Å²) < 4.78 is 1.84. The van der Waals surface area contributed by atoms with E-state index in [4.69, 9.17) is 0 Å². The number of rotatable bonds is 2. The van der Waals surface area contributed by atoms with Crippen molar-refractivity contribution in [3.63, 3.8) is 0 Å². The van der Waals surface area contributed by atoms with Gasteiger partial charge in [-0.1, -0.05) is 23.8 Å². The van der Waals surface area contributed by atoms with E-state index in [1.165, 1.54) is 5.56 Å². The first-order valence-corrected chi connectivity index (χ1v) is 5.31. The second kappa shape index (κ2) is 4.10. The number of aliphatic hydroxyl groups excluding tert-OH is 1. The Morgan fingerprint density at radius 2 is 2.06 bits per heavy atom. The quantitative estimate of drug-likeness (QED) is 0.835. The van der Waals surface area contributed by atoms with Crippen LogP contribution < -0.4 is 0 Å². The molecule has 0 aliphatic rings. The van der Waals surface area contributed by atoms with E-state index in [9.17, 15) is 5.11 Å². The fourth-order valence-corrected chi connectivity index (χ4v) is 1.87. The van der Waals surface area contributed by atoms with Crippen LogP contribution in [-0.4, -0.2) is 14.7 Å². The van der Waals surface area contributed by atoms with Gasteiger partial charge in [0.25, 0.3) is 0 Å². The third-order valence-electron chi connectivity index (χ3n) is 2.72. The van der Waals surface area contributed by atoms with Crippen molar-refractivity contribution in [3.8, 4) is 0 Å². The van der Waals surface area contributed by atoms with Crippen molar-refractivity contribution in [2.45, 2.75) is 20.0 Å².